The van der Waals surface area contributed by atoms with Gasteiger partial charge in [-0.25, -0.2) is 8.78 Å². The van der Waals surface area contributed by atoms with Crippen LogP contribution in [0.5, 0.6) is 0 Å². The van der Waals surface area contributed by atoms with Gasteiger partial charge in [-0.1, -0.05) is 43.6 Å². The molecule has 6 N–H and O–H groups in total. The zero-order valence-corrected chi connectivity index (χ0v) is 19.0. The first-order chi connectivity index (χ1) is 15.3. The molecule has 0 heterocycles. The van der Waals surface area contributed by atoms with Crippen molar-refractivity contribution in [3.05, 3.63) is 82.0 Å². The fourth-order valence-corrected chi connectivity index (χ4v) is 3.13. The highest BCUT2D eigenvalue weighted by molar-refractivity contribution is 6.31. The zero-order chi connectivity index (χ0) is 24.9. The Bertz CT molecular complexity index is 1080. The molecular formula is C23H25ClF2N4O3. The topological polar surface area (TPSA) is 128 Å². The predicted molar refractivity (Wildman–Crippen MR) is 122 cm³/mol. The molecule has 2 atom stereocenters. The molecule has 7 nitrogen and oxygen atoms in total. The quantitative estimate of drug-likeness (QED) is 0.309. The first-order valence-corrected chi connectivity index (χ1v) is 10.3. The molecule has 10 heteroatoms. The number of allylic oxidation sites excluding steroid dienone is 1. The summed E-state index contributed by atoms with van der Waals surface area (Å²) in [4.78, 5) is 24.6. The maximum absolute atomic E-state index is 13.6. The summed E-state index contributed by atoms with van der Waals surface area (Å²) in [6.07, 6.45) is -0.440. The molecule has 0 bridgehead atoms. The highest BCUT2D eigenvalue weighted by Gasteiger charge is 2.27. The fourth-order valence-electron chi connectivity index (χ4n) is 2.89. The van der Waals surface area contributed by atoms with E-state index in [1.54, 1.807) is 26.0 Å². The van der Waals surface area contributed by atoms with Crippen LogP contribution in [0, 0.1) is 17.0 Å². The van der Waals surface area contributed by atoms with Gasteiger partial charge < -0.3 is 21.5 Å². The number of nitrogens with two attached hydrogens (primary N) is 1. The third-order valence-corrected chi connectivity index (χ3v) is 5.41. The van der Waals surface area contributed by atoms with Crippen LogP contribution in [0.25, 0.3) is 0 Å². The van der Waals surface area contributed by atoms with E-state index in [1.165, 1.54) is 19.1 Å². The molecule has 0 aliphatic rings. The summed E-state index contributed by atoms with van der Waals surface area (Å²) in [6.45, 7) is 4.59. The number of halogens is 3. The number of hydrogen-bond donors (Lipinski definition) is 5. The summed E-state index contributed by atoms with van der Waals surface area (Å²) >= 11 is 5.97. The van der Waals surface area contributed by atoms with Crippen molar-refractivity contribution < 1.29 is 23.5 Å². The van der Waals surface area contributed by atoms with Gasteiger partial charge in [0.1, 0.15) is 23.5 Å². The molecule has 0 radical (unpaired) electrons. The standard InChI is InChI=1S/C23H25ClF2N4O3/c1-12(29-22(33)20(31)16-6-4-5-7-17(16)24)21(32)30-19(28)11-18(27)23(2,3)13-8-14(25)10-15(26)9-13/h4-12,20,31H,27H2,1-3H3,(H,29,33)(H2,28,30,32)/t12-,20-/m0/s1. The third-order valence-electron chi connectivity index (χ3n) is 5.06. The molecule has 2 rings (SSSR count). The highest BCUT2D eigenvalue weighted by atomic mass is 35.5. The number of aliphatic hydroxyl groups is 1. The summed E-state index contributed by atoms with van der Waals surface area (Å²) in [5, 5.41) is 23.0. The normalized spacial score (nSPS) is 13.7. The van der Waals surface area contributed by atoms with Gasteiger partial charge in [-0.05, 0) is 36.8 Å². The maximum atomic E-state index is 13.6. The first kappa shape index (κ1) is 26.0. The van der Waals surface area contributed by atoms with Gasteiger partial charge in [0.15, 0.2) is 6.10 Å². The van der Waals surface area contributed by atoms with E-state index in [-0.39, 0.29) is 21.8 Å². The van der Waals surface area contributed by atoms with Crippen LogP contribution in [-0.4, -0.2) is 28.8 Å². The average Bonchev–Trinajstić information content (AvgIpc) is 2.72. The number of hydrogen-bond acceptors (Lipinski definition) is 5. The summed E-state index contributed by atoms with van der Waals surface area (Å²) in [6, 6.07) is 8.14. The Hall–Kier alpha value is -3.30. The van der Waals surface area contributed by atoms with Crippen LogP contribution in [0.4, 0.5) is 8.78 Å². The average molecular weight is 479 g/mol. The van der Waals surface area contributed by atoms with Crippen LogP contribution in [0.15, 0.2) is 54.2 Å². The smallest absolute Gasteiger partial charge is 0.254 e. The largest absolute Gasteiger partial charge is 0.401 e. The van der Waals surface area contributed by atoms with E-state index in [4.69, 9.17) is 22.7 Å². The number of nitrogens with one attached hydrogen (secondary N) is 3. The maximum Gasteiger partial charge on any atom is 0.254 e. The van der Waals surface area contributed by atoms with Crippen LogP contribution >= 0.6 is 11.6 Å². The van der Waals surface area contributed by atoms with Crippen molar-refractivity contribution in [2.45, 2.75) is 38.3 Å². The Kier molecular flexibility index (Phi) is 8.29. The second-order valence-corrected chi connectivity index (χ2v) is 8.35. The number of rotatable bonds is 7. The SMILES string of the molecule is C[C@H](NC(=O)[C@@H](O)c1ccccc1Cl)C(=O)NC(=N)C=C(N)C(C)(C)c1cc(F)cc(F)c1. The van der Waals surface area contributed by atoms with Gasteiger partial charge in [0.25, 0.3) is 5.91 Å². The zero-order valence-electron chi connectivity index (χ0n) is 18.2. The van der Waals surface area contributed by atoms with Crippen molar-refractivity contribution in [1.82, 2.24) is 10.6 Å². The lowest BCUT2D eigenvalue weighted by Crippen LogP contribution is -2.47. The van der Waals surface area contributed by atoms with E-state index >= 15 is 0 Å². The number of aliphatic hydroxyl groups excluding tert-OH is 1. The van der Waals surface area contributed by atoms with Gasteiger partial charge in [0.05, 0.1) is 0 Å². The molecule has 33 heavy (non-hydrogen) atoms. The molecule has 2 aromatic carbocycles. The van der Waals surface area contributed by atoms with Crippen LogP contribution in [0.3, 0.4) is 0 Å². The van der Waals surface area contributed by atoms with Crippen molar-refractivity contribution >= 4 is 29.3 Å². The summed E-state index contributed by atoms with van der Waals surface area (Å²) < 4.78 is 27.2. The predicted octanol–water partition coefficient (Wildman–Crippen LogP) is 3.07. The molecule has 2 amide bonds. The van der Waals surface area contributed by atoms with Crippen molar-refractivity contribution in [3.8, 4) is 0 Å². The van der Waals surface area contributed by atoms with E-state index < -0.39 is 46.8 Å². The van der Waals surface area contributed by atoms with E-state index in [1.807, 2.05) is 0 Å². The number of benzene rings is 2. The van der Waals surface area contributed by atoms with Gasteiger partial charge in [-0.3, -0.25) is 15.0 Å². The minimum Gasteiger partial charge on any atom is -0.401 e. The molecule has 0 saturated heterocycles. The molecule has 2 aromatic rings. The molecule has 0 saturated carbocycles. The molecule has 0 fully saturated rings. The Morgan fingerprint density at radius 2 is 1.73 bits per heavy atom. The van der Waals surface area contributed by atoms with Gasteiger partial charge >= 0.3 is 0 Å². The van der Waals surface area contributed by atoms with Crippen molar-refractivity contribution in [3.63, 3.8) is 0 Å². The molecule has 0 spiro atoms. The number of amidine groups is 1. The molecular weight excluding hydrogens is 454 g/mol. The lowest BCUT2D eigenvalue weighted by Gasteiger charge is -2.26. The van der Waals surface area contributed by atoms with Crippen molar-refractivity contribution in [2.75, 3.05) is 0 Å². The molecule has 0 aliphatic heterocycles. The second-order valence-electron chi connectivity index (χ2n) is 7.94. The number of carbonyl (C=O) groups excluding carboxylic acids is 2. The summed E-state index contributed by atoms with van der Waals surface area (Å²) in [5.41, 5.74) is 5.51. The Balaban J connectivity index is 2.03. The van der Waals surface area contributed by atoms with Gasteiger partial charge in [-0.2, -0.15) is 0 Å². The molecule has 0 unspecified atom stereocenters. The molecule has 0 aromatic heterocycles. The van der Waals surface area contributed by atoms with E-state index in [2.05, 4.69) is 10.6 Å². The minimum absolute atomic E-state index is 0.0728. The van der Waals surface area contributed by atoms with Crippen LogP contribution in [0.1, 0.15) is 38.0 Å². The van der Waals surface area contributed by atoms with Crippen LogP contribution in [-0.2, 0) is 15.0 Å². The first-order valence-electron chi connectivity index (χ1n) is 9.89. The Morgan fingerprint density at radius 3 is 2.30 bits per heavy atom. The molecule has 0 aliphatic carbocycles. The van der Waals surface area contributed by atoms with E-state index in [0.717, 1.165) is 24.3 Å². The van der Waals surface area contributed by atoms with E-state index in [0.29, 0.717) is 0 Å². The highest BCUT2D eigenvalue weighted by Crippen LogP contribution is 2.29. The lowest BCUT2D eigenvalue weighted by atomic mass is 9.81. The lowest BCUT2D eigenvalue weighted by molar-refractivity contribution is -0.133. The van der Waals surface area contributed by atoms with Crippen molar-refractivity contribution in [2.24, 2.45) is 5.73 Å². The minimum atomic E-state index is -1.59. The van der Waals surface area contributed by atoms with E-state index in [9.17, 15) is 23.5 Å². The van der Waals surface area contributed by atoms with Crippen LogP contribution < -0.4 is 16.4 Å². The second kappa shape index (κ2) is 10.5. The molecule has 176 valence electrons. The summed E-state index contributed by atoms with van der Waals surface area (Å²) in [5.74, 6) is -3.51. The fraction of sp³-hybridized carbons (Fsp3) is 0.261. The number of carbonyl (C=O) groups is 2. The Morgan fingerprint density at radius 1 is 1.15 bits per heavy atom. The summed E-state index contributed by atoms with van der Waals surface area (Å²) in [7, 11) is 0. The van der Waals surface area contributed by atoms with Gasteiger partial charge in [-0.15, -0.1) is 0 Å². The Labute approximate surface area is 195 Å². The third kappa shape index (κ3) is 6.59. The monoisotopic (exact) mass is 478 g/mol. The van der Waals surface area contributed by atoms with Gasteiger partial charge in [0, 0.05) is 27.8 Å². The van der Waals surface area contributed by atoms with Crippen LogP contribution in [0.2, 0.25) is 5.02 Å². The van der Waals surface area contributed by atoms with Crippen molar-refractivity contribution in [1.29, 1.82) is 5.41 Å². The van der Waals surface area contributed by atoms with Gasteiger partial charge in [0.2, 0.25) is 5.91 Å². The number of amides is 2.